The van der Waals surface area contributed by atoms with Gasteiger partial charge in [0.05, 0.1) is 13.2 Å². The molecule has 4 rings (SSSR count). The predicted molar refractivity (Wildman–Crippen MR) is 136 cm³/mol. The number of anilines is 3. The molecule has 1 saturated heterocycles. The predicted octanol–water partition coefficient (Wildman–Crippen LogP) is 4.13. The minimum atomic E-state index is -0.438. The van der Waals surface area contributed by atoms with Crippen molar-refractivity contribution in [2.75, 3.05) is 41.8 Å². The van der Waals surface area contributed by atoms with Crippen LogP contribution in [0.1, 0.15) is 19.4 Å². The molecule has 1 aliphatic rings. The van der Waals surface area contributed by atoms with Crippen LogP contribution in [0.4, 0.5) is 17.5 Å². The first-order valence-corrected chi connectivity index (χ1v) is 11.3. The molecule has 1 fully saturated rings. The normalized spacial score (nSPS) is 15.0. The van der Waals surface area contributed by atoms with Crippen LogP contribution in [0, 0.1) is 0 Å². The van der Waals surface area contributed by atoms with Crippen molar-refractivity contribution < 1.29 is 9.53 Å². The number of carbonyl (C=O) groups is 1. The second kappa shape index (κ2) is 10.8. The highest BCUT2D eigenvalue weighted by Gasteiger charge is 2.17. The zero-order valence-corrected chi connectivity index (χ0v) is 19.6. The number of rotatable bonds is 8. The Balaban J connectivity index is 1.36. The van der Waals surface area contributed by atoms with E-state index in [9.17, 15) is 4.79 Å². The first kappa shape index (κ1) is 23.3. The summed E-state index contributed by atoms with van der Waals surface area (Å²) in [5.74, 6) is 1.26. The molecule has 0 radical (unpaired) electrons. The Morgan fingerprint density at radius 1 is 1.15 bits per heavy atom. The maximum atomic E-state index is 12.6. The molecule has 0 bridgehead atoms. The van der Waals surface area contributed by atoms with Gasteiger partial charge in [-0.05, 0) is 61.4 Å². The largest absolute Gasteiger partial charge is 0.378 e. The molecule has 1 atom stereocenters. The Bertz CT molecular complexity index is 1140. The van der Waals surface area contributed by atoms with Crippen LogP contribution < -0.4 is 15.5 Å². The van der Waals surface area contributed by atoms with Gasteiger partial charge < -0.3 is 20.3 Å². The molecule has 34 heavy (non-hydrogen) atoms. The van der Waals surface area contributed by atoms with Crippen LogP contribution in [0.5, 0.6) is 0 Å². The quantitative estimate of drug-likeness (QED) is 0.494. The summed E-state index contributed by atoms with van der Waals surface area (Å²) in [6.45, 7) is 10.6. The average Bonchev–Trinajstić information content (AvgIpc) is 3.35. The van der Waals surface area contributed by atoms with E-state index < -0.39 is 6.04 Å². The van der Waals surface area contributed by atoms with E-state index >= 15 is 0 Å². The minimum Gasteiger partial charge on any atom is -0.378 e. The minimum absolute atomic E-state index is 0.160. The van der Waals surface area contributed by atoms with E-state index in [2.05, 4.69) is 36.6 Å². The highest BCUT2D eigenvalue weighted by Crippen LogP contribution is 2.21. The van der Waals surface area contributed by atoms with Crippen molar-refractivity contribution in [2.24, 2.45) is 0 Å². The molecule has 8 nitrogen and oxygen atoms in total. The van der Waals surface area contributed by atoms with Gasteiger partial charge in [-0.2, -0.15) is 0 Å². The van der Waals surface area contributed by atoms with E-state index in [1.165, 1.54) is 0 Å². The molecular formula is C26H30N6O2. The molecule has 1 aliphatic heterocycles. The molecule has 0 aliphatic carbocycles. The fraction of sp³-hybridized carbons (Fsp3) is 0.269. The number of aromatic nitrogens is 3. The molecule has 1 amide bonds. The summed E-state index contributed by atoms with van der Waals surface area (Å²) in [4.78, 5) is 23.7. The van der Waals surface area contributed by atoms with E-state index in [0.717, 1.165) is 41.5 Å². The summed E-state index contributed by atoms with van der Waals surface area (Å²) < 4.78 is 7.51. The molecule has 3 heterocycles. The fourth-order valence-electron chi connectivity index (χ4n) is 3.74. The van der Waals surface area contributed by atoms with E-state index in [1.807, 2.05) is 56.5 Å². The lowest BCUT2D eigenvalue weighted by Gasteiger charge is -2.28. The van der Waals surface area contributed by atoms with Gasteiger partial charge in [0.25, 0.3) is 0 Å². The second-order valence-electron chi connectivity index (χ2n) is 8.12. The average molecular weight is 459 g/mol. The van der Waals surface area contributed by atoms with Gasteiger partial charge in [-0.25, -0.2) is 9.97 Å². The number of nitrogens with one attached hydrogen (secondary N) is 2. The third-order valence-corrected chi connectivity index (χ3v) is 5.68. The third kappa shape index (κ3) is 5.52. The van der Waals surface area contributed by atoms with Gasteiger partial charge in [-0.15, -0.1) is 0 Å². The van der Waals surface area contributed by atoms with Gasteiger partial charge in [0.2, 0.25) is 11.9 Å². The summed E-state index contributed by atoms with van der Waals surface area (Å²) in [5.41, 5.74) is 3.91. The lowest BCUT2D eigenvalue weighted by Crippen LogP contribution is -2.37. The molecule has 176 valence electrons. The Morgan fingerprint density at radius 3 is 2.59 bits per heavy atom. The summed E-state index contributed by atoms with van der Waals surface area (Å²) in [6.07, 6.45) is 9.16. The van der Waals surface area contributed by atoms with Crippen molar-refractivity contribution in [2.45, 2.75) is 19.9 Å². The maximum absolute atomic E-state index is 12.6. The number of allylic oxidation sites excluding steroid dienone is 3. The molecule has 3 aromatic rings. The van der Waals surface area contributed by atoms with E-state index in [4.69, 9.17) is 4.74 Å². The van der Waals surface area contributed by atoms with Gasteiger partial charge in [0.1, 0.15) is 11.9 Å². The monoisotopic (exact) mass is 458 g/mol. The van der Waals surface area contributed by atoms with E-state index in [0.29, 0.717) is 19.0 Å². The number of benzene rings is 1. The fourth-order valence-corrected chi connectivity index (χ4v) is 3.74. The first-order valence-electron chi connectivity index (χ1n) is 11.3. The molecular weight excluding hydrogens is 428 g/mol. The molecule has 2 aromatic heterocycles. The van der Waals surface area contributed by atoms with Gasteiger partial charge in [0, 0.05) is 43.1 Å². The van der Waals surface area contributed by atoms with Crippen molar-refractivity contribution in [3.63, 3.8) is 0 Å². The SMILES string of the molecule is C=C/C=C(\C)c1ccc(NC(=O)C(C)Nc2ccc(-n3ccnc3N3CCOCC3)cc2)nc1. The lowest BCUT2D eigenvalue weighted by atomic mass is 10.1. The number of ether oxygens (including phenoxy) is 1. The first-order chi connectivity index (χ1) is 16.5. The summed E-state index contributed by atoms with van der Waals surface area (Å²) in [5, 5.41) is 6.10. The number of hydrogen-bond donors (Lipinski definition) is 2. The topological polar surface area (TPSA) is 84.3 Å². The molecule has 2 N–H and O–H groups in total. The van der Waals surface area contributed by atoms with Crippen molar-refractivity contribution in [1.82, 2.24) is 14.5 Å². The van der Waals surface area contributed by atoms with Crippen LogP contribution in [-0.4, -0.2) is 52.8 Å². The highest BCUT2D eigenvalue weighted by atomic mass is 16.5. The summed E-state index contributed by atoms with van der Waals surface area (Å²) >= 11 is 0. The van der Waals surface area contributed by atoms with Crippen LogP contribution >= 0.6 is 0 Å². The number of amides is 1. The van der Waals surface area contributed by atoms with Gasteiger partial charge in [-0.3, -0.25) is 9.36 Å². The number of hydrogen-bond acceptors (Lipinski definition) is 6. The zero-order chi connectivity index (χ0) is 23.9. The Labute approximate surface area is 200 Å². The molecule has 0 spiro atoms. The number of imidazole rings is 1. The molecule has 8 heteroatoms. The van der Waals surface area contributed by atoms with Gasteiger partial charge in [0.15, 0.2) is 0 Å². The van der Waals surface area contributed by atoms with Crippen molar-refractivity contribution in [3.8, 4) is 5.69 Å². The molecule has 1 unspecified atom stereocenters. The van der Waals surface area contributed by atoms with Gasteiger partial charge in [-0.1, -0.05) is 18.7 Å². The highest BCUT2D eigenvalue weighted by molar-refractivity contribution is 5.95. The zero-order valence-electron chi connectivity index (χ0n) is 19.6. The Morgan fingerprint density at radius 2 is 1.91 bits per heavy atom. The van der Waals surface area contributed by atoms with E-state index in [-0.39, 0.29) is 5.91 Å². The number of morpholine rings is 1. The molecule has 1 aromatic carbocycles. The van der Waals surface area contributed by atoms with Crippen molar-refractivity contribution in [1.29, 1.82) is 0 Å². The maximum Gasteiger partial charge on any atom is 0.247 e. The van der Waals surface area contributed by atoms with Crippen molar-refractivity contribution in [3.05, 3.63) is 79.3 Å². The standard InChI is InChI=1S/C26H30N6O2/c1-4-5-19(2)21-6-11-24(28-18-21)30-25(33)20(3)29-22-7-9-23(10-8-22)32-13-12-27-26(32)31-14-16-34-17-15-31/h4-13,18,20,29H,1,14-17H2,2-3H3,(H,28,30,33)/b19-5+. The summed E-state index contributed by atoms with van der Waals surface area (Å²) in [7, 11) is 0. The van der Waals surface area contributed by atoms with E-state index in [1.54, 1.807) is 24.5 Å². The van der Waals surface area contributed by atoms with Crippen LogP contribution in [0.25, 0.3) is 11.3 Å². The summed E-state index contributed by atoms with van der Waals surface area (Å²) in [6, 6.07) is 11.2. The smallest absolute Gasteiger partial charge is 0.247 e. The van der Waals surface area contributed by atoms with Crippen LogP contribution in [0.2, 0.25) is 0 Å². The third-order valence-electron chi connectivity index (χ3n) is 5.68. The number of nitrogens with zero attached hydrogens (tertiary/aromatic N) is 4. The Kier molecular flexibility index (Phi) is 7.39. The second-order valence-corrected chi connectivity index (χ2v) is 8.12. The number of carbonyl (C=O) groups excluding carboxylic acids is 1. The van der Waals surface area contributed by atoms with Crippen LogP contribution in [-0.2, 0) is 9.53 Å². The van der Waals surface area contributed by atoms with Crippen molar-refractivity contribution >= 4 is 28.9 Å². The molecule has 0 saturated carbocycles. The lowest BCUT2D eigenvalue weighted by molar-refractivity contribution is -0.116. The number of pyridine rings is 1. The Hall–Kier alpha value is -3.91. The van der Waals surface area contributed by atoms with Crippen LogP contribution in [0.15, 0.2) is 73.7 Å². The van der Waals surface area contributed by atoms with Gasteiger partial charge >= 0.3 is 0 Å². The van der Waals surface area contributed by atoms with Crippen LogP contribution in [0.3, 0.4) is 0 Å².